The third-order valence-corrected chi connectivity index (χ3v) is 5.90. The first kappa shape index (κ1) is 19.0. The molecule has 136 valence electrons. The Bertz CT molecular complexity index is 814. The van der Waals surface area contributed by atoms with Crippen molar-refractivity contribution in [2.75, 3.05) is 13.1 Å². The fraction of sp³-hybridized carbons (Fsp3) is 0.286. The van der Waals surface area contributed by atoms with Crippen molar-refractivity contribution in [1.29, 1.82) is 0 Å². The lowest BCUT2D eigenvalue weighted by Gasteiger charge is -2.25. The molecule has 0 radical (unpaired) electrons. The van der Waals surface area contributed by atoms with Gasteiger partial charge in [0, 0.05) is 34.0 Å². The van der Waals surface area contributed by atoms with Crippen molar-refractivity contribution in [3.63, 3.8) is 0 Å². The van der Waals surface area contributed by atoms with Gasteiger partial charge in [-0.05, 0) is 79.8 Å². The van der Waals surface area contributed by atoms with E-state index in [-0.39, 0.29) is 11.7 Å². The minimum Gasteiger partial charge on any atom is -0.339 e. The maximum absolute atomic E-state index is 13.0. The first-order valence-electron chi connectivity index (χ1n) is 8.73. The van der Waals surface area contributed by atoms with E-state index in [0.29, 0.717) is 5.02 Å². The van der Waals surface area contributed by atoms with Gasteiger partial charge < -0.3 is 4.90 Å². The molecule has 0 N–H and O–H groups in total. The van der Waals surface area contributed by atoms with Crippen molar-refractivity contribution in [2.24, 2.45) is 0 Å². The van der Waals surface area contributed by atoms with Crippen LogP contribution in [0.25, 0.3) is 6.08 Å². The van der Waals surface area contributed by atoms with Crippen molar-refractivity contribution >= 4 is 35.3 Å². The number of halogens is 2. The smallest absolute Gasteiger partial charge is 0.246 e. The van der Waals surface area contributed by atoms with E-state index in [2.05, 4.69) is 0 Å². The van der Waals surface area contributed by atoms with E-state index in [9.17, 15) is 9.18 Å². The van der Waals surface area contributed by atoms with Crippen LogP contribution in [0.15, 0.2) is 52.3 Å². The van der Waals surface area contributed by atoms with Crippen molar-refractivity contribution in [1.82, 2.24) is 4.90 Å². The van der Waals surface area contributed by atoms with E-state index in [1.54, 1.807) is 36.0 Å². The topological polar surface area (TPSA) is 20.3 Å². The number of carbonyl (C=O) groups excluding carboxylic acids is 1. The van der Waals surface area contributed by atoms with Crippen LogP contribution < -0.4 is 0 Å². The predicted octanol–water partition coefficient (Wildman–Crippen LogP) is 5.96. The average molecular weight is 390 g/mol. The van der Waals surface area contributed by atoms with Gasteiger partial charge >= 0.3 is 0 Å². The molecular formula is C21H21ClFNOS. The van der Waals surface area contributed by atoms with Crippen molar-refractivity contribution in [2.45, 2.75) is 36.0 Å². The summed E-state index contributed by atoms with van der Waals surface area (Å²) < 4.78 is 13.0. The predicted molar refractivity (Wildman–Crippen MR) is 106 cm³/mol. The molecule has 1 heterocycles. The molecule has 1 fully saturated rings. The number of hydrogen-bond acceptors (Lipinski definition) is 2. The Morgan fingerprint density at radius 3 is 2.54 bits per heavy atom. The van der Waals surface area contributed by atoms with Gasteiger partial charge in [0.05, 0.1) is 0 Å². The number of piperidine rings is 1. The van der Waals surface area contributed by atoms with E-state index in [4.69, 9.17) is 11.6 Å². The molecule has 0 unspecified atom stereocenters. The molecule has 3 rings (SSSR count). The maximum Gasteiger partial charge on any atom is 0.246 e. The van der Waals surface area contributed by atoms with Crippen LogP contribution >= 0.6 is 23.4 Å². The molecule has 5 heteroatoms. The number of hydrogen-bond donors (Lipinski definition) is 0. The molecule has 0 saturated carbocycles. The summed E-state index contributed by atoms with van der Waals surface area (Å²) in [5.41, 5.74) is 1.90. The molecule has 0 spiro atoms. The standard InChI is InChI=1S/C21H21ClFNOS/c1-15-13-16(5-10-21(25)24-11-3-2-4-12-24)19(22)14-20(15)26-18-8-6-17(23)7-9-18/h5-10,13-14H,2-4,11-12H2,1H3. The molecule has 0 aliphatic carbocycles. The van der Waals surface area contributed by atoms with Crippen LogP contribution in [0.3, 0.4) is 0 Å². The fourth-order valence-electron chi connectivity index (χ4n) is 2.93. The van der Waals surface area contributed by atoms with Gasteiger partial charge in [-0.1, -0.05) is 23.4 Å². The van der Waals surface area contributed by atoms with Crippen molar-refractivity contribution < 1.29 is 9.18 Å². The zero-order valence-electron chi connectivity index (χ0n) is 14.7. The van der Waals surface area contributed by atoms with Gasteiger partial charge in [-0.2, -0.15) is 0 Å². The molecule has 2 aromatic rings. The monoisotopic (exact) mass is 389 g/mol. The second-order valence-electron chi connectivity index (χ2n) is 6.41. The number of amides is 1. The molecule has 2 aromatic carbocycles. The summed E-state index contributed by atoms with van der Waals surface area (Å²) in [6.45, 7) is 3.68. The average Bonchev–Trinajstić information content (AvgIpc) is 2.65. The molecule has 0 bridgehead atoms. The van der Waals surface area contributed by atoms with Crippen LogP contribution in [0.5, 0.6) is 0 Å². The van der Waals surface area contributed by atoms with Gasteiger partial charge in [0.15, 0.2) is 0 Å². The minimum atomic E-state index is -0.247. The van der Waals surface area contributed by atoms with Gasteiger partial charge in [0.1, 0.15) is 5.82 Å². The summed E-state index contributed by atoms with van der Waals surface area (Å²) in [6, 6.07) is 10.3. The SMILES string of the molecule is Cc1cc(C=CC(=O)N2CCCCC2)c(Cl)cc1Sc1ccc(F)cc1. The summed E-state index contributed by atoms with van der Waals surface area (Å²) in [7, 11) is 0. The highest BCUT2D eigenvalue weighted by atomic mass is 35.5. The molecule has 1 aliphatic heterocycles. The molecule has 26 heavy (non-hydrogen) atoms. The third kappa shape index (κ3) is 4.89. The minimum absolute atomic E-state index is 0.0446. The van der Waals surface area contributed by atoms with Crippen LogP contribution in [0.1, 0.15) is 30.4 Å². The Balaban J connectivity index is 1.73. The third-order valence-electron chi connectivity index (χ3n) is 4.41. The van der Waals surface area contributed by atoms with Crippen LogP contribution in [-0.4, -0.2) is 23.9 Å². The Kier molecular flexibility index (Phi) is 6.38. The summed E-state index contributed by atoms with van der Waals surface area (Å²) in [6.07, 6.45) is 6.76. The van der Waals surface area contributed by atoms with Crippen molar-refractivity contribution in [3.8, 4) is 0 Å². The number of benzene rings is 2. The molecule has 1 aliphatic rings. The van der Waals surface area contributed by atoms with Crippen LogP contribution in [0, 0.1) is 12.7 Å². The number of likely N-dealkylation sites (tertiary alicyclic amines) is 1. The molecule has 2 nitrogen and oxygen atoms in total. The highest BCUT2D eigenvalue weighted by Crippen LogP contribution is 2.34. The molecule has 0 atom stereocenters. The lowest BCUT2D eigenvalue weighted by molar-refractivity contribution is -0.126. The first-order chi connectivity index (χ1) is 12.5. The number of rotatable bonds is 4. The van der Waals surface area contributed by atoms with E-state index >= 15 is 0 Å². The van der Waals surface area contributed by atoms with Crippen LogP contribution in [-0.2, 0) is 4.79 Å². The Morgan fingerprint density at radius 2 is 1.85 bits per heavy atom. The molecule has 0 aromatic heterocycles. The Hall–Kier alpha value is -1.78. The maximum atomic E-state index is 13.0. The molecule has 1 amide bonds. The van der Waals surface area contributed by atoms with E-state index in [1.807, 2.05) is 24.0 Å². The fourth-order valence-corrected chi connectivity index (χ4v) is 4.15. The first-order valence-corrected chi connectivity index (χ1v) is 9.93. The quantitative estimate of drug-likeness (QED) is 0.601. The zero-order valence-corrected chi connectivity index (χ0v) is 16.2. The highest BCUT2D eigenvalue weighted by Gasteiger charge is 2.14. The molecule has 1 saturated heterocycles. The second kappa shape index (κ2) is 8.74. The summed E-state index contributed by atoms with van der Waals surface area (Å²) in [5.74, 6) is -0.203. The number of carbonyl (C=O) groups is 1. The van der Waals surface area contributed by atoms with Crippen LogP contribution in [0.4, 0.5) is 4.39 Å². The number of aryl methyl sites for hydroxylation is 1. The molecular weight excluding hydrogens is 369 g/mol. The Morgan fingerprint density at radius 1 is 1.15 bits per heavy atom. The summed E-state index contributed by atoms with van der Waals surface area (Å²) in [5, 5.41) is 0.600. The van der Waals surface area contributed by atoms with Crippen molar-refractivity contribution in [3.05, 3.63) is 64.4 Å². The normalized spacial score (nSPS) is 14.8. The van der Waals surface area contributed by atoms with E-state index < -0.39 is 0 Å². The van der Waals surface area contributed by atoms with Gasteiger partial charge in [0.25, 0.3) is 0 Å². The van der Waals surface area contributed by atoms with Crippen LogP contribution in [0.2, 0.25) is 5.02 Å². The van der Waals surface area contributed by atoms with E-state index in [0.717, 1.165) is 46.8 Å². The summed E-state index contributed by atoms with van der Waals surface area (Å²) in [4.78, 5) is 16.1. The summed E-state index contributed by atoms with van der Waals surface area (Å²) >= 11 is 7.96. The van der Waals surface area contributed by atoms with Gasteiger partial charge in [-0.15, -0.1) is 0 Å². The number of nitrogens with zero attached hydrogens (tertiary/aromatic N) is 1. The Labute approximate surface area is 163 Å². The lowest BCUT2D eigenvalue weighted by atomic mass is 10.1. The van der Waals surface area contributed by atoms with Gasteiger partial charge in [0.2, 0.25) is 5.91 Å². The lowest BCUT2D eigenvalue weighted by Crippen LogP contribution is -2.34. The highest BCUT2D eigenvalue weighted by molar-refractivity contribution is 7.99. The van der Waals surface area contributed by atoms with Gasteiger partial charge in [-0.25, -0.2) is 4.39 Å². The second-order valence-corrected chi connectivity index (χ2v) is 7.94. The van der Waals surface area contributed by atoms with E-state index in [1.165, 1.54) is 18.6 Å². The zero-order chi connectivity index (χ0) is 18.5. The van der Waals surface area contributed by atoms with Gasteiger partial charge in [-0.3, -0.25) is 4.79 Å². The largest absolute Gasteiger partial charge is 0.339 e.